The Balaban J connectivity index is 1.79. The molecule has 2 heteroatoms. The molecule has 0 radical (unpaired) electrons. The van der Waals surface area contributed by atoms with Gasteiger partial charge in [-0.1, -0.05) is 37.3 Å². The van der Waals surface area contributed by atoms with E-state index in [4.69, 9.17) is 4.74 Å². The van der Waals surface area contributed by atoms with Crippen molar-refractivity contribution in [2.75, 3.05) is 26.3 Å². The molecule has 0 aromatic heterocycles. The van der Waals surface area contributed by atoms with Crippen LogP contribution in [0.5, 0.6) is 0 Å². The topological polar surface area (TPSA) is 21.3 Å². The maximum absolute atomic E-state index is 5.62. The van der Waals surface area contributed by atoms with Crippen molar-refractivity contribution < 1.29 is 4.74 Å². The second-order valence-electron chi connectivity index (χ2n) is 5.42. The summed E-state index contributed by atoms with van der Waals surface area (Å²) in [6.07, 6.45) is 4.94. The Morgan fingerprint density at radius 2 is 2.11 bits per heavy atom. The molecule has 1 aliphatic rings. The van der Waals surface area contributed by atoms with E-state index in [0.29, 0.717) is 5.41 Å². The van der Waals surface area contributed by atoms with Gasteiger partial charge in [0.15, 0.2) is 0 Å². The fourth-order valence-corrected chi connectivity index (χ4v) is 2.78. The molecule has 1 saturated heterocycles. The Hall–Kier alpha value is -0.860. The minimum atomic E-state index is 0.394. The van der Waals surface area contributed by atoms with Gasteiger partial charge in [-0.25, -0.2) is 0 Å². The molecule has 1 atom stereocenters. The zero-order valence-electron chi connectivity index (χ0n) is 11.5. The summed E-state index contributed by atoms with van der Waals surface area (Å²) in [5.74, 6) is 0. The van der Waals surface area contributed by atoms with E-state index in [2.05, 4.69) is 42.6 Å². The third-order valence-corrected chi connectivity index (χ3v) is 3.95. The molecule has 1 aromatic rings. The van der Waals surface area contributed by atoms with Gasteiger partial charge < -0.3 is 10.1 Å². The van der Waals surface area contributed by atoms with Gasteiger partial charge in [0.25, 0.3) is 0 Å². The van der Waals surface area contributed by atoms with E-state index in [1.807, 2.05) is 0 Å². The lowest BCUT2D eigenvalue weighted by Crippen LogP contribution is -2.34. The van der Waals surface area contributed by atoms with Crippen LogP contribution in [0.4, 0.5) is 0 Å². The zero-order chi connectivity index (χ0) is 12.7. The van der Waals surface area contributed by atoms with Gasteiger partial charge in [0.1, 0.15) is 0 Å². The van der Waals surface area contributed by atoms with E-state index in [-0.39, 0.29) is 0 Å². The summed E-state index contributed by atoms with van der Waals surface area (Å²) in [5.41, 5.74) is 1.85. The van der Waals surface area contributed by atoms with Crippen molar-refractivity contribution in [3.05, 3.63) is 35.9 Å². The smallest absolute Gasteiger partial charge is 0.0535 e. The standard InChI is InChI=1S/C16H25NO/c1-2-17-13-16(11-12-18-14-16)10-6-9-15-7-4-3-5-8-15/h3-5,7-8,17H,2,6,9-14H2,1H3. The first-order valence-electron chi connectivity index (χ1n) is 7.17. The monoisotopic (exact) mass is 247 g/mol. The van der Waals surface area contributed by atoms with Crippen molar-refractivity contribution in [3.8, 4) is 0 Å². The predicted molar refractivity (Wildman–Crippen MR) is 75.8 cm³/mol. The lowest BCUT2D eigenvalue weighted by molar-refractivity contribution is 0.143. The van der Waals surface area contributed by atoms with Crippen molar-refractivity contribution >= 4 is 0 Å². The van der Waals surface area contributed by atoms with Gasteiger partial charge in [0.05, 0.1) is 6.61 Å². The molecule has 1 aromatic carbocycles. The highest BCUT2D eigenvalue weighted by molar-refractivity contribution is 5.14. The van der Waals surface area contributed by atoms with Crippen molar-refractivity contribution in [3.63, 3.8) is 0 Å². The second kappa shape index (κ2) is 6.91. The number of benzene rings is 1. The maximum atomic E-state index is 5.62. The Labute approximate surface area is 111 Å². The molecule has 1 heterocycles. The SMILES string of the molecule is CCNCC1(CCCc2ccccc2)CCOC1. The summed E-state index contributed by atoms with van der Waals surface area (Å²) in [7, 11) is 0. The van der Waals surface area contributed by atoms with E-state index in [0.717, 1.165) is 26.3 Å². The van der Waals surface area contributed by atoms with Gasteiger partial charge in [-0.3, -0.25) is 0 Å². The summed E-state index contributed by atoms with van der Waals surface area (Å²) in [6, 6.07) is 10.8. The minimum absolute atomic E-state index is 0.394. The fraction of sp³-hybridized carbons (Fsp3) is 0.625. The molecular formula is C16H25NO. The number of ether oxygens (including phenoxy) is 1. The number of rotatable bonds is 7. The lowest BCUT2D eigenvalue weighted by atomic mass is 9.81. The third-order valence-electron chi connectivity index (χ3n) is 3.95. The molecule has 2 rings (SSSR count). The first-order chi connectivity index (χ1) is 8.85. The molecule has 0 aliphatic carbocycles. The number of hydrogen-bond donors (Lipinski definition) is 1. The van der Waals surface area contributed by atoms with Crippen LogP contribution in [0.25, 0.3) is 0 Å². The van der Waals surface area contributed by atoms with Crippen LogP contribution in [-0.4, -0.2) is 26.3 Å². The molecule has 1 unspecified atom stereocenters. The number of nitrogens with one attached hydrogen (secondary N) is 1. The zero-order valence-corrected chi connectivity index (χ0v) is 11.5. The van der Waals surface area contributed by atoms with Crippen molar-refractivity contribution in [2.24, 2.45) is 5.41 Å². The largest absolute Gasteiger partial charge is 0.381 e. The second-order valence-corrected chi connectivity index (χ2v) is 5.42. The highest BCUT2D eigenvalue weighted by Gasteiger charge is 2.33. The van der Waals surface area contributed by atoms with Crippen molar-refractivity contribution in [1.29, 1.82) is 0 Å². The molecule has 2 nitrogen and oxygen atoms in total. The summed E-state index contributed by atoms with van der Waals surface area (Å²) in [4.78, 5) is 0. The van der Waals surface area contributed by atoms with Crippen molar-refractivity contribution in [1.82, 2.24) is 5.32 Å². The molecular weight excluding hydrogens is 222 g/mol. The Kier molecular flexibility index (Phi) is 5.21. The quantitative estimate of drug-likeness (QED) is 0.799. The minimum Gasteiger partial charge on any atom is -0.381 e. The van der Waals surface area contributed by atoms with Crippen LogP contribution < -0.4 is 5.32 Å². The number of hydrogen-bond acceptors (Lipinski definition) is 2. The lowest BCUT2D eigenvalue weighted by Gasteiger charge is -2.27. The van der Waals surface area contributed by atoms with Gasteiger partial charge >= 0.3 is 0 Å². The van der Waals surface area contributed by atoms with Crippen LogP contribution in [-0.2, 0) is 11.2 Å². The van der Waals surface area contributed by atoms with Gasteiger partial charge in [0.2, 0.25) is 0 Å². The van der Waals surface area contributed by atoms with Gasteiger partial charge in [-0.05, 0) is 37.8 Å². The average molecular weight is 247 g/mol. The van der Waals surface area contributed by atoms with E-state index in [1.54, 1.807) is 0 Å². The van der Waals surface area contributed by atoms with Crippen LogP contribution in [0.2, 0.25) is 0 Å². The first kappa shape index (κ1) is 13.6. The Morgan fingerprint density at radius 1 is 1.28 bits per heavy atom. The van der Waals surface area contributed by atoms with Crippen LogP contribution in [0.1, 0.15) is 31.7 Å². The Bertz CT molecular complexity index is 330. The molecule has 100 valence electrons. The summed E-state index contributed by atoms with van der Waals surface area (Å²) >= 11 is 0. The van der Waals surface area contributed by atoms with Crippen LogP contribution in [0, 0.1) is 5.41 Å². The van der Waals surface area contributed by atoms with Crippen LogP contribution in [0.15, 0.2) is 30.3 Å². The molecule has 18 heavy (non-hydrogen) atoms. The van der Waals surface area contributed by atoms with Crippen LogP contribution >= 0.6 is 0 Å². The first-order valence-corrected chi connectivity index (χ1v) is 7.17. The highest BCUT2D eigenvalue weighted by atomic mass is 16.5. The third kappa shape index (κ3) is 3.82. The summed E-state index contributed by atoms with van der Waals surface area (Å²) in [6.45, 7) is 6.22. The van der Waals surface area contributed by atoms with Gasteiger partial charge in [0, 0.05) is 18.6 Å². The normalized spacial score (nSPS) is 23.4. The van der Waals surface area contributed by atoms with E-state index in [1.165, 1.54) is 31.2 Å². The van der Waals surface area contributed by atoms with E-state index >= 15 is 0 Å². The van der Waals surface area contributed by atoms with Crippen LogP contribution in [0.3, 0.4) is 0 Å². The van der Waals surface area contributed by atoms with Gasteiger partial charge in [-0.15, -0.1) is 0 Å². The fourth-order valence-electron chi connectivity index (χ4n) is 2.78. The maximum Gasteiger partial charge on any atom is 0.0535 e. The molecule has 0 saturated carbocycles. The summed E-state index contributed by atoms with van der Waals surface area (Å²) in [5, 5.41) is 3.50. The molecule has 0 amide bonds. The average Bonchev–Trinajstić information content (AvgIpc) is 2.87. The molecule has 0 bridgehead atoms. The van der Waals surface area contributed by atoms with Gasteiger partial charge in [-0.2, -0.15) is 0 Å². The molecule has 1 N–H and O–H groups in total. The summed E-state index contributed by atoms with van der Waals surface area (Å²) < 4.78 is 5.62. The van der Waals surface area contributed by atoms with E-state index in [9.17, 15) is 0 Å². The molecule has 1 fully saturated rings. The molecule has 0 spiro atoms. The number of aryl methyl sites for hydroxylation is 1. The Morgan fingerprint density at radius 3 is 2.78 bits per heavy atom. The predicted octanol–water partition coefficient (Wildman–Crippen LogP) is 3.03. The highest BCUT2D eigenvalue weighted by Crippen LogP contribution is 2.33. The van der Waals surface area contributed by atoms with E-state index < -0.39 is 0 Å². The molecule has 1 aliphatic heterocycles. The van der Waals surface area contributed by atoms with Crippen molar-refractivity contribution in [2.45, 2.75) is 32.6 Å².